The lowest BCUT2D eigenvalue weighted by atomic mass is 9.94. The molecule has 0 heterocycles. The predicted molar refractivity (Wildman–Crippen MR) is 132 cm³/mol. The van der Waals surface area contributed by atoms with Gasteiger partial charge in [-0.25, -0.2) is 4.39 Å². The Bertz CT molecular complexity index is 914. The van der Waals surface area contributed by atoms with Gasteiger partial charge in [-0.1, -0.05) is 56.9 Å². The molecular weight excluding hydrogens is 455 g/mol. The molecule has 0 radical (unpaired) electrons. The van der Waals surface area contributed by atoms with E-state index >= 15 is 0 Å². The SMILES string of the molecule is CCCCOc1ccc([C@H](C(=O)NC2CCCCC2)N(Cc2ccc(F)cc2)C(=O)CCl)cc1. The quantitative estimate of drug-likeness (QED) is 0.323. The summed E-state index contributed by atoms with van der Waals surface area (Å²) in [5.41, 5.74) is 1.39. The fourth-order valence-corrected chi connectivity index (χ4v) is 4.42. The second kappa shape index (κ2) is 13.3. The largest absolute Gasteiger partial charge is 0.494 e. The zero-order valence-corrected chi connectivity index (χ0v) is 20.5. The van der Waals surface area contributed by atoms with Crippen molar-refractivity contribution in [2.45, 2.75) is 70.5 Å². The number of carbonyl (C=O) groups is 2. The van der Waals surface area contributed by atoms with Crippen molar-refractivity contribution < 1.29 is 18.7 Å². The highest BCUT2D eigenvalue weighted by atomic mass is 35.5. The summed E-state index contributed by atoms with van der Waals surface area (Å²) >= 11 is 5.96. The Morgan fingerprint density at radius 3 is 2.38 bits per heavy atom. The highest BCUT2D eigenvalue weighted by Gasteiger charge is 2.32. The van der Waals surface area contributed by atoms with Crippen molar-refractivity contribution in [2.75, 3.05) is 12.5 Å². The van der Waals surface area contributed by atoms with Crippen molar-refractivity contribution in [2.24, 2.45) is 0 Å². The molecule has 0 aliphatic heterocycles. The van der Waals surface area contributed by atoms with Crippen molar-refractivity contribution in [3.8, 4) is 5.75 Å². The van der Waals surface area contributed by atoms with Crippen LogP contribution in [-0.4, -0.2) is 35.2 Å². The molecule has 184 valence electrons. The summed E-state index contributed by atoms with van der Waals surface area (Å²) < 4.78 is 19.2. The highest BCUT2D eigenvalue weighted by molar-refractivity contribution is 6.27. The van der Waals surface area contributed by atoms with Gasteiger partial charge in [0.25, 0.3) is 0 Å². The number of halogens is 2. The minimum atomic E-state index is -0.858. The third kappa shape index (κ3) is 7.45. The molecule has 2 aromatic carbocycles. The second-order valence-corrected chi connectivity index (χ2v) is 9.07. The molecule has 7 heteroatoms. The van der Waals surface area contributed by atoms with E-state index in [1.54, 1.807) is 12.1 Å². The van der Waals surface area contributed by atoms with Crippen LogP contribution in [0.5, 0.6) is 5.75 Å². The summed E-state index contributed by atoms with van der Waals surface area (Å²) in [7, 11) is 0. The van der Waals surface area contributed by atoms with E-state index in [2.05, 4.69) is 12.2 Å². The molecule has 5 nitrogen and oxygen atoms in total. The average Bonchev–Trinajstić information content (AvgIpc) is 2.86. The second-order valence-electron chi connectivity index (χ2n) is 8.80. The first kappa shape index (κ1) is 26.0. The lowest BCUT2D eigenvalue weighted by molar-refractivity contribution is -0.140. The molecule has 0 unspecified atom stereocenters. The van der Waals surface area contributed by atoms with Crippen LogP contribution in [0.4, 0.5) is 4.39 Å². The zero-order chi connectivity index (χ0) is 24.3. The molecule has 1 saturated carbocycles. The molecule has 1 N–H and O–H groups in total. The Balaban J connectivity index is 1.89. The van der Waals surface area contributed by atoms with E-state index in [0.717, 1.165) is 49.8 Å². The van der Waals surface area contributed by atoms with E-state index < -0.39 is 6.04 Å². The minimum absolute atomic E-state index is 0.0965. The van der Waals surface area contributed by atoms with Crippen molar-refractivity contribution in [3.05, 3.63) is 65.5 Å². The topological polar surface area (TPSA) is 58.6 Å². The van der Waals surface area contributed by atoms with Crippen LogP contribution in [0.2, 0.25) is 0 Å². The summed E-state index contributed by atoms with van der Waals surface area (Å²) in [6.45, 7) is 2.87. The molecular formula is C27H34ClFN2O3. The van der Waals surface area contributed by atoms with Crippen LogP contribution in [0.25, 0.3) is 0 Å². The molecule has 0 aromatic heterocycles. The van der Waals surface area contributed by atoms with Crippen molar-refractivity contribution in [3.63, 3.8) is 0 Å². The number of nitrogens with zero attached hydrogens (tertiary/aromatic N) is 1. The van der Waals surface area contributed by atoms with E-state index in [-0.39, 0.29) is 36.1 Å². The molecule has 1 atom stereocenters. The van der Waals surface area contributed by atoms with Crippen LogP contribution in [0.1, 0.15) is 69.0 Å². The van der Waals surface area contributed by atoms with Gasteiger partial charge in [0.1, 0.15) is 23.5 Å². The number of amides is 2. The average molecular weight is 489 g/mol. The zero-order valence-electron chi connectivity index (χ0n) is 19.8. The molecule has 34 heavy (non-hydrogen) atoms. The number of benzene rings is 2. The molecule has 0 spiro atoms. The first-order valence-corrected chi connectivity index (χ1v) is 12.7. The number of hydrogen-bond acceptors (Lipinski definition) is 3. The Kier molecular flexibility index (Phi) is 10.2. The third-order valence-electron chi connectivity index (χ3n) is 6.17. The predicted octanol–water partition coefficient (Wildman–Crippen LogP) is 5.76. The number of hydrogen-bond donors (Lipinski definition) is 1. The van der Waals surface area contributed by atoms with E-state index in [9.17, 15) is 14.0 Å². The van der Waals surface area contributed by atoms with Gasteiger partial charge in [-0.3, -0.25) is 9.59 Å². The third-order valence-corrected chi connectivity index (χ3v) is 6.40. The fraction of sp³-hybridized carbons (Fsp3) is 0.481. The lowest BCUT2D eigenvalue weighted by Gasteiger charge is -2.33. The highest BCUT2D eigenvalue weighted by Crippen LogP contribution is 2.28. The number of nitrogens with one attached hydrogen (secondary N) is 1. The van der Waals surface area contributed by atoms with Crippen LogP contribution in [0.3, 0.4) is 0 Å². The summed E-state index contributed by atoms with van der Waals surface area (Å²) in [6.07, 6.45) is 7.22. The Morgan fingerprint density at radius 1 is 1.09 bits per heavy atom. The number of rotatable bonds is 11. The van der Waals surface area contributed by atoms with E-state index in [1.807, 2.05) is 24.3 Å². The number of unbranched alkanes of at least 4 members (excludes halogenated alkanes) is 1. The van der Waals surface area contributed by atoms with Crippen LogP contribution in [-0.2, 0) is 16.1 Å². The van der Waals surface area contributed by atoms with Crippen LogP contribution in [0, 0.1) is 5.82 Å². The van der Waals surface area contributed by atoms with Crippen LogP contribution >= 0.6 is 11.6 Å². The Hall–Kier alpha value is -2.60. The molecule has 0 bridgehead atoms. The van der Waals surface area contributed by atoms with Crippen molar-refractivity contribution >= 4 is 23.4 Å². The fourth-order valence-electron chi connectivity index (χ4n) is 4.27. The molecule has 1 aliphatic rings. The number of ether oxygens (including phenoxy) is 1. The van der Waals surface area contributed by atoms with Gasteiger partial charge in [0, 0.05) is 12.6 Å². The van der Waals surface area contributed by atoms with Gasteiger partial charge in [-0.15, -0.1) is 11.6 Å². The van der Waals surface area contributed by atoms with Crippen molar-refractivity contribution in [1.29, 1.82) is 0 Å². The first-order valence-electron chi connectivity index (χ1n) is 12.1. The normalized spacial score (nSPS) is 14.9. The maximum absolute atomic E-state index is 13.6. The smallest absolute Gasteiger partial charge is 0.247 e. The molecule has 2 aromatic rings. The van der Waals surface area contributed by atoms with Crippen LogP contribution < -0.4 is 10.1 Å². The molecule has 1 fully saturated rings. The van der Waals surface area contributed by atoms with Crippen molar-refractivity contribution in [1.82, 2.24) is 10.2 Å². The molecule has 3 rings (SSSR count). The molecule has 2 amide bonds. The Labute approximate surface area is 206 Å². The van der Waals surface area contributed by atoms with E-state index in [1.165, 1.54) is 23.5 Å². The summed E-state index contributed by atoms with van der Waals surface area (Å²) in [6, 6.07) is 12.5. The molecule has 1 aliphatic carbocycles. The van der Waals surface area contributed by atoms with Gasteiger partial charge in [0.05, 0.1) is 6.61 Å². The lowest BCUT2D eigenvalue weighted by Crippen LogP contribution is -2.47. The first-order chi connectivity index (χ1) is 16.5. The number of carbonyl (C=O) groups excluding carboxylic acids is 2. The van der Waals surface area contributed by atoms with E-state index in [4.69, 9.17) is 16.3 Å². The summed E-state index contributed by atoms with van der Waals surface area (Å²) in [4.78, 5) is 28.0. The van der Waals surface area contributed by atoms with Gasteiger partial charge >= 0.3 is 0 Å². The van der Waals surface area contributed by atoms with Gasteiger partial charge < -0.3 is 15.0 Å². The number of alkyl halides is 1. The molecule has 0 saturated heterocycles. The van der Waals surface area contributed by atoms with Crippen LogP contribution in [0.15, 0.2) is 48.5 Å². The van der Waals surface area contributed by atoms with Gasteiger partial charge in [0.15, 0.2) is 0 Å². The maximum Gasteiger partial charge on any atom is 0.247 e. The minimum Gasteiger partial charge on any atom is -0.494 e. The van der Waals surface area contributed by atoms with Gasteiger partial charge in [-0.05, 0) is 54.7 Å². The Morgan fingerprint density at radius 2 is 1.76 bits per heavy atom. The summed E-state index contributed by atoms with van der Waals surface area (Å²) in [5.74, 6) is -0.487. The monoisotopic (exact) mass is 488 g/mol. The maximum atomic E-state index is 13.6. The van der Waals surface area contributed by atoms with Gasteiger partial charge in [0.2, 0.25) is 11.8 Å². The van der Waals surface area contributed by atoms with E-state index in [0.29, 0.717) is 12.2 Å². The van der Waals surface area contributed by atoms with Gasteiger partial charge in [-0.2, -0.15) is 0 Å². The summed E-state index contributed by atoms with van der Waals surface area (Å²) in [5, 5.41) is 3.16. The standard InChI is InChI=1S/C27H34ClFN2O3/c1-2-3-17-34-24-15-11-21(12-16-24)26(27(33)30-23-7-5-4-6-8-23)31(25(32)18-28)19-20-9-13-22(29)14-10-20/h9-16,23,26H,2-8,17-19H2,1H3,(H,30,33)/t26-/m1/s1.